The van der Waals surface area contributed by atoms with Crippen LogP contribution >= 0.6 is 0 Å². The Kier molecular flexibility index (Phi) is 9.19. The van der Waals surface area contributed by atoms with Crippen LogP contribution in [0.5, 0.6) is 11.5 Å². The molecule has 0 aliphatic carbocycles. The van der Waals surface area contributed by atoms with Crippen molar-refractivity contribution in [3.8, 4) is 11.5 Å². The SMILES string of the molecule is COCC(=O)N1CC(N(Cc2cccc(OC)c2)C(=O)c2ccc(OC)cc2)CC1C(=O)N1CCNCC1. The molecule has 10 heteroatoms. The number of rotatable bonds is 9. The van der Waals surface area contributed by atoms with Gasteiger partial charge in [0.1, 0.15) is 24.1 Å². The van der Waals surface area contributed by atoms with E-state index >= 15 is 0 Å². The number of likely N-dealkylation sites (tertiary alicyclic amines) is 1. The van der Waals surface area contributed by atoms with Crippen LogP contribution in [0.4, 0.5) is 0 Å². The minimum absolute atomic E-state index is 0.0864. The molecule has 2 heterocycles. The molecule has 2 aliphatic rings. The van der Waals surface area contributed by atoms with Gasteiger partial charge in [0.2, 0.25) is 11.8 Å². The maximum absolute atomic E-state index is 13.9. The fourth-order valence-electron chi connectivity index (χ4n) is 5.09. The van der Waals surface area contributed by atoms with Crippen molar-refractivity contribution in [1.82, 2.24) is 20.0 Å². The van der Waals surface area contributed by atoms with Gasteiger partial charge in [0, 0.05) is 51.9 Å². The normalized spacial score (nSPS) is 19.2. The molecule has 0 aromatic heterocycles. The number of nitrogens with zero attached hydrogens (tertiary/aromatic N) is 3. The number of benzene rings is 2. The third-order valence-corrected chi connectivity index (χ3v) is 7.11. The maximum Gasteiger partial charge on any atom is 0.254 e. The largest absolute Gasteiger partial charge is 0.497 e. The molecule has 0 saturated carbocycles. The van der Waals surface area contributed by atoms with Crippen LogP contribution < -0.4 is 14.8 Å². The summed E-state index contributed by atoms with van der Waals surface area (Å²) in [5.41, 5.74) is 1.39. The molecule has 2 fully saturated rings. The van der Waals surface area contributed by atoms with E-state index in [1.165, 1.54) is 7.11 Å². The van der Waals surface area contributed by atoms with Gasteiger partial charge in [0.25, 0.3) is 5.91 Å². The molecule has 2 atom stereocenters. The molecule has 204 valence electrons. The zero-order valence-corrected chi connectivity index (χ0v) is 22.2. The Morgan fingerprint density at radius 3 is 2.34 bits per heavy atom. The van der Waals surface area contributed by atoms with Gasteiger partial charge < -0.3 is 34.2 Å². The predicted octanol–water partition coefficient (Wildman–Crippen LogP) is 1.39. The van der Waals surface area contributed by atoms with E-state index in [1.54, 1.807) is 53.2 Å². The number of amides is 3. The minimum atomic E-state index is -0.655. The highest BCUT2D eigenvalue weighted by atomic mass is 16.5. The van der Waals surface area contributed by atoms with Gasteiger partial charge in [0.15, 0.2) is 0 Å². The Morgan fingerprint density at radius 1 is 0.974 bits per heavy atom. The van der Waals surface area contributed by atoms with Crippen LogP contribution in [0.2, 0.25) is 0 Å². The van der Waals surface area contributed by atoms with E-state index in [-0.39, 0.29) is 36.9 Å². The molecule has 10 nitrogen and oxygen atoms in total. The lowest BCUT2D eigenvalue weighted by atomic mass is 10.1. The second kappa shape index (κ2) is 12.7. The summed E-state index contributed by atoms with van der Waals surface area (Å²) in [5.74, 6) is 0.808. The fourth-order valence-corrected chi connectivity index (χ4v) is 5.09. The molecule has 2 saturated heterocycles. The lowest BCUT2D eigenvalue weighted by Crippen LogP contribution is -2.53. The van der Waals surface area contributed by atoms with Gasteiger partial charge in [-0.1, -0.05) is 12.1 Å². The Labute approximate surface area is 223 Å². The maximum atomic E-state index is 13.9. The number of piperazine rings is 1. The smallest absolute Gasteiger partial charge is 0.254 e. The van der Waals surface area contributed by atoms with E-state index in [2.05, 4.69) is 5.32 Å². The van der Waals surface area contributed by atoms with Crippen LogP contribution in [0.25, 0.3) is 0 Å². The summed E-state index contributed by atoms with van der Waals surface area (Å²) >= 11 is 0. The summed E-state index contributed by atoms with van der Waals surface area (Å²) in [6.07, 6.45) is 0.351. The Morgan fingerprint density at radius 2 is 1.68 bits per heavy atom. The number of hydrogen-bond donors (Lipinski definition) is 1. The third kappa shape index (κ3) is 6.25. The number of hydrogen-bond acceptors (Lipinski definition) is 7. The first kappa shape index (κ1) is 27.4. The number of ether oxygens (including phenoxy) is 3. The van der Waals surface area contributed by atoms with Crippen LogP contribution in [-0.2, 0) is 20.9 Å². The zero-order valence-electron chi connectivity index (χ0n) is 22.2. The summed E-state index contributed by atoms with van der Waals surface area (Å²) in [5, 5.41) is 3.25. The third-order valence-electron chi connectivity index (χ3n) is 7.11. The molecular formula is C28H36N4O6. The molecule has 2 unspecified atom stereocenters. The Balaban J connectivity index is 1.65. The van der Waals surface area contributed by atoms with Crippen molar-refractivity contribution in [3.63, 3.8) is 0 Å². The molecule has 2 aromatic carbocycles. The van der Waals surface area contributed by atoms with Crippen LogP contribution in [-0.4, -0.2) is 105 Å². The first-order valence-electron chi connectivity index (χ1n) is 12.8. The highest BCUT2D eigenvalue weighted by Crippen LogP contribution is 2.28. The molecule has 2 aromatic rings. The molecule has 4 rings (SSSR count). The van der Waals surface area contributed by atoms with Crippen LogP contribution in [0.15, 0.2) is 48.5 Å². The van der Waals surface area contributed by atoms with Crippen LogP contribution in [0, 0.1) is 0 Å². The van der Waals surface area contributed by atoms with E-state index in [9.17, 15) is 14.4 Å². The quantitative estimate of drug-likeness (QED) is 0.529. The van der Waals surface area contributed by atoms with Gasteiger partial charge in [-0.15, -0.1) is 0 Å². The van der Waals surface area contributed by atoms with Crippen molar-refractivity contribution in [3.05, 3.63) is 59.7 Å². The van der Waals surface area contributed by atoms with Crippen molar-refractivity contribution in [1.29, 1.82) is 0 Å². The molecule has 3 amide bonds. The zero-order chi connectivity index (χ0) is 27.1. The summed E-state index contributed by atoms with van der Waals surface area (Å²) in [6, 6.07) is 13.5. The minimum Gasteiger partial charge on any atom is -0.497 e. The van der Waals surface area contributed by atoms with Gasteiger partial charge >= 0.3 is 0 Å². The second-order valence-corrected chi connectivity index (χ2v) is 9.47. The van der Waals surface area contributed by atoms with Crippen molar-refractivity contribution < 1.29 is 28.6 Å². The average Bonchev–Trinajstić information content (AvgIpc) is 3.41. The van der Waals surface area contributed by atoms with E-state index in [4.69, 9.17) is 14.2 Å². The van der Waals surface area contributed by atoms with Crippen molar-refractivity contribution >= 4 is 17.7 Å². The Hall–Kier alpha value is -3.63. The van der Waals surface area contributed by atoms with Gasteiger partial charge in [-0.2, -0.15) is 0 Å². The van der Waals surface area contributed by atoms with Gasteiger partial charge in [-0.05, 0) is 48.4 Å². The summed E-state index contributed by atoms with van der Waals surface area (Å²) in [4.78, 5) is 45.6. The highest BCUT2D eigenvalue weighted by Gasteiger charge is 2.44. The van der Waals surface area contributed by atoms with Crippen molar-refractivity contribution in [2.75, 3.05) is 60.7 Å². The molecule has 1 N–H and O–H groups in total. The van der Waals surface area contributed by atoms with Gasteiger partial charge in [0.05, 0.1) is 20.3 Å². The highest BCUT2D eigenvalue weighted by molar-refractivity contribution is 5.95. The monoisotopic (exact) mass is 524 g/mol. The number of methoxy groups -OCH3 is 3. The van der Waals surface area contributed by atoms with Crippen molar-refractivity contribution in [2.24, 2.45) is 0 Å². The fraction of sp³-hybridized carbons (Fsp3) is 0.464. The number of carbonyl (C=O) groups is 3. The lowest BCUT2D eigenvalue weighted by Gasteiger charge is -2.32. The molecule has 38 heavy (non-hydrogen) atoms. The second-order valence-electron chi connectivity index (χ2n) is 9.47. The topological polar surface area (TPSA) is 101 Å². The standard InChI is InChI=1S/C28H36N4O6/c1-36-19-26(33)32-18-22(16-25(32)28(35)30-13-11-29-12-14-30)31(17-20-5-4-6-24(15-20)38-3)27(34)21-7-9-23(37-2)10-8-21/h4-10,15,22,25,29H,11-14,16-19H2,1-3H3. The van der Waals surface area contributed by atoms with Gasteiger partial charge in [-0.3, -0.25) is 14.4 Å². The van der Waals surface area contributed by atoms with Crippen LogP contribution in [0.3, 0.4) is 0 Å². The van der Waals surface area contributed by atoms with E-state index in [1.807, 2.05) is 24.3 Å². The van der Waals surface area contributed by atoms with E-state index in [0.29, 0.717) is 56.2 Å². The van der Waals surface area contributed by atoms with E-state index in [0.717, 1.165) is 5.56 Å². The molecule has 0 spiro atoms. The lowest BCUT2D eigenvalue weighted by molar-refractivity contribution is -0.146. The van der Waals surface area contributed by atoms with Crippen molar-refractivity contribution in [2.45, 2.75) is 25.0 Å². The molecular weight excluding hydrogens is 488 g/mol. The number of carbonyl (C=O) groups excluding carboxylic acids is 3. The van der Waals surface area contributed by atoms with E-state index < -0.39 is 6.04 Å². The molecule has 2 aliphatic heterocycles. The van der Waals surface area contributed by atoms with Gasteiger partial charge in [-0.25, -0.2) is 0 Å². The summed E-state index contributed by atoms with van der Waals surface area (Å²) in [7, 11) is 4.63. The Bertz CT molecular complexity index is 1120. The average molecular weight is 525 g/mol. The summed E-state index contributed by atoms with van der Waals surface area (Å²) in [6.45, 7) is 3.03. The number of nitrogens with one attached hydrogen (secondary N) is 1. The first-order chi connectivity index (χ1) is 18.4. The van der Waals surface area contributed by atoms with Crippen LogP contribution in [0.1, 0.15) is 22.3 Å². The molecule has 0 bridgehead atoms. The predicted molar refractivity (Wildman–Crippen MR) is 141 cm³/mol. The summed E-state index contributed by atoms with van der Waals surface area (Å²) < 4.78 is 15.7. The first-order valence-corrected chi connectivity index (χ1v) is 12.8. The molecule has 0 radical (unpaired) electrons.